The molecular weight excluding hydrogens is 437 g/mol. The number of halogens is 2. The van der Waals surface area contributed by atoms with Gasteiger partial charge >= 0.3 is 0 Å². The summed E-state index contributed by atoms with van der Waals surface area (Å²) in [6.07, 6.45) is 2.49. The number of ether oxygens (including phenoxy) is 2. The van der Waals surface area contributed by atoms with Gasteiger partial charge in [-0.1, -0.05) is 56.6 Å². The van der Waals surface area contributed by atoms with Crippen molar-refractivity contribution in [2.45, 2.75) is 46.1 Å². The van der Waals surface area contributed by atoms with Gasteiger partial charge in [-0.15, -0.1) is 0 Å². The number of para-hydroxylation sites is 1. The monoisotopic (exact) mass is 467 g/mol. The number of hydrogen-bond donors (Lipinski definition) is 1. The van der Waals surface area contributed by atoms with Crippen LogP contribution in [0, 0.1) is 17.2 Å². The molecule has 1 aliphatic rings. The van der Waals surface area contributed by atoms with Crippen LogP contribution in [0.2, 0.25) is 5.02 Å². The Morgan fingerprint density at radius 1 is 1.19 bits per heavy atom. The van der Waals surface area contributed by atoms with Gasteiger partial charge in [-0.25, -0.2) is 13.3 Å². The van der Waals surface area contributed by atoms with E-state index in [1.165, 1.54) is 0 Å². The van der Waals surface area contributed by atoms with Crippen LogP contribution >= 0.6 is 11.6 Å². The van der Waals surface area contributed by atoms with Crippen LogP contribution in [0.3, 0.4) is 0 Å². The van der Waals surface area contributed by atoms with Crippen molar-refractivity contribution in [3.63, 3.8) is 0 Å². The molecular formula is C24H31ClFNO3S. The van der Waals surface area contributed by atoms with Gasteiger partial charge in [-0.05, 0) is 48.8 Å². The highest BCUT2D eigenvalue weighted by Gasteiger charge is 2.28. The van der Waals surface area contributed by atoms with Crippen LogP contribution < -0.4 is 9.46 Å². The molecule has 0 bridgehead atoms. The number of nitrogens with one attached hydrogen (secondary N) is 1. The molecule has 3 rings (SSSR count). The third-order valence-corrected chi connectivity index (χ3v) is 7.14. The fourth-order valence-electron chi connectivity index (χ4n) is 3.66. The van der Waals surface area contributed by atoms with Crippen LogP contribution in [0.15, 0.2) is 42.5 Å². The fourth-order valence-corrected chi connectivity index (χ4v) is 5.26. The van der Waals surface area contributed by atoms with Crippen LogP contribution in [0.5, 0.6) is 11.5 Å². The topological polar surface area (TPSA) is 47.6 Å². The first kappa shape index (κ1) is 24.2. The molecule has 2 aromatic carbocycles. The summed E-state index contributed by atoms with van der Waals surface area (Å²) in [5.41, 5.74) is 0.311. The summed E-state index contributed by atoms with van der Waals surface area (Å²) < 4.78 is 42.9. The van der Waals surface area contributed by atoms with Gasteiger partial charge in [0.25, 0.3) is 0 Å². The van der Waals surface area contributed by atoms with Crippen molar-refractivity contribution in [1.82, 2.24) is 4.72 Å². The van der Waals surface area contributed by atoms with Crippen LogP contribution in [0.25, 0.3) is 0 Å². The lowest BCUT2D eigenvalue weighted by Crippen LogP contribution is -2.32. The van der Waals surface area contributed by atoms with Crippen molar-refractivity contribution < 1.29 is 18.1 Å². The van der Waals surface area contributed by atoms with E-state index in [1.54, 1.807) is 24.3 Å². The lowest BCUT2D eigenvalue weighted by atomic mass is 9.89. The minimum Gasteiger partial charge on any atom is -0.453 e. The summed E-state index contributed by atoms with van der Waals surface area (Å²) >= 11 is 6.28. The molecule has 0 radical (unpaired) electrons. The molecule has 4 nitrogen and oxygen atoms in total. The molecule has 1 N–H and O–H groups in total. The Morgan fingerprint density at radius 2 is 1.87 bits per heavy atom. The quantitative estimate of drug-likeness (QED) is 0.486. The molecule has 0 amide bonds. The predicted octanol–water partition coefficient (Wildman–Crippen LogP) is 6.43. The number of hydrogen-bond acceptors (Lipinski definition) is 3. The minimum atomic E-state index is -1.30. The van der Waals surface area contributed by atoms with Crippen LogP contribution in [0.1, 0.15) is 51.6 Å². The average Bonchev–Trinajstić information content (AvgIpc) is 2.71. The van der Waals surface area contributed by atoms with E-state index in [1.807, 2.05) is 39.0 Å². The van der Waals surface area contributed by atoms with Gasteiger partial charge in [0.2, 0.25) is 0 Å². The molecule has 0 saturated carbocycles. The summed E-state index contributed by atoms with van der Waals surface area (Å²) in [6, 6.07) is 11.9. The molecule has 2 atom stereocenters. The van der Waals surface area contributed by atoms with Gasteiger partial charge in [0.15, 0.2) is 11.6 Å². The Morgan fingerprint density at radius 3 is 2.52 bits per heavy atom. The van der Waals surface area contributed by atoms with Crippen LogP contribution in [-0.2, 0) is 15.7 Å². The van der Waals surface area contributed by atoms with Crippen molar-refractivity contribution in [3.8, 4) is 11.5 Å². The molecule has 170 valence electrons. The van der Waals surface area contributed by atoms with Gasteiger partial charge in [-0.3, -0.25) is 0 Å². The summed E-state index contributed by atoms with van der Waals surface area (Å²) in [5, 5.41) is 0.200. The van der Waals surface area contributed by atoms with Gasteiger partial charge in [0.05, 0.1) is 16.0 Å². The summed E-state index contributed by atoms with van der Waals surface area (Å²) in [7, 11) is -1.30. The van der Waals surface area contributed by atoms with E-state index in [0.29, 0.717) is 42.6 Å². The lowest BCUT2D eigenvalue weighted by Gasteiger charge is -2.29. The van der Waals surface area contributed by atoms with Gasteiger partial charge in [0.1, 0.15) is 5.75 Å². The minimum absolute atomic E-state index is 0.00857. The molecule has 1 unspecified atom stereocenters. The van der Waals surface area contributed by atoms with E-state index in [9.17, 15) is 4.21 Å². The zero-order chi connectivity index (χ0) is 22.4. The van der Waals surface area contributed by atoms with Crippen molar-refractivity contribution in [2.75, 3.05) is 19.0 Å². The highest BCUT2D eigenvalue weighted by molar-refractivity contribution is 7.83. The molecule has 0 spiro atoms. The largest absolute Gasteiger partial charge is 0.453 e. The molecule has 1 heterocycles. The Bertz CT molecular complexity index is 882. The maximum absolute atomic E-state index is 15.6. The maximum Gasteiger partial charge on any atom is 0.181 e. The Kier molecular flexibility index (Phi) is 8.50. The predicted molar refractivity (Wildman–Crippen MR) is 124 cm³/mol. The van der Waals surface area contributed by atoms with Gasteiger partial charge < -0.3 is 9.47 Å². The molecule has 1 aliphatic heterocycles. The first-order chi connectivity index (χ1) is 14.7. The van der Waals surface area contributed by atoms with E-state index in [0.717, 1.165) is 12.8 Å². The van der Waals surface area contributed by atoms with E-state index in [2.05, 4.69) is 4.72 Å². The smallest absolute Gasteiger partial charge is 0.181 e. The van der Waals surface area contributed by atoms with Crippen molar-refractivity contribution in [1.29, 1.82) is 0 Å². The average molecular weight is 468 g/mol. The molecule has 7 heteroatoms. The second-order valence-electron chi connectivity index (χ2n) is 9.21. The second-order valence-corrected chi connectivity index (χ2v) is 10.8. The zero-order valence-corrected chi connectivity index (χ0v) is 19.9. The van der Waals surface area contributed by atoms with Gasteiger partial charge in [-0.2, -0.15) is 0 Å². The molecule has 0 aromatic heterocycles. The fraction of sp³-hybridized carbons (Fsp3) is 0.500. The Hall–Kier alpha value is -1.47. The Balaban J connectivity index is 1.89. The molecule has 0 aliphatic carbocycles. The van der Waals surface area contributed by atoms with Crippen molar-refractivity contribution in [3.05, 3.63) is 58.9 Å². The standard InChI is InChI=1S/C24H31ClFNO3S/c1-24(2,3)16-31(28)27-21(15-17-11-13-29-14-12-17)19-9-10-20(25)23(22(19)26)30-18-7-5-4-6-8-18/h4-10,17,21,27H,11-16H2,1-3H3/t21-,31?/m0/s1. The van der Waals surface area contributed by atoms with Crippen LogP contribution in [0.4, 0.5) is 4.39 Å². The number of benzene rings is 2. The maximum atomic E-state index is 15.6. The highest BCUT2D eigenvalue weighted by Crippen LogP contribution is 2.38. The SMILES string of the molecule is CC(C)(C)CS(=O)N[C@@H](CC1CCOCC1)c1ccc(Cl)c(Oc2ccccc2)c1F. The number of rotatable bonds is 8. The van der Waals surface area contributed by atoms with E-state index < -0.39 is 22.8 Å². The first-order valence-electron chi connectivity index (χ1n) is 10.7. The molecule has 1 fully saturated rings. The Labute approximate surface area is 192 Å². The van der Waals surface area contributed by atoms with Crippen LogP contribution in [-0.4, -0.2) is 23.2 Å². The normalized spacial score (nSPS) is 17.3. The summed E-state index contributed by atoms with van der Waals surface area (Å²) in [6.45, 7) is 7.51. The van der Waals surface area contributed by atoms with E-state index in [4.69, 9.17) is 21.1 Å². The molecule has 2 aromatic rings. The third-order valence-electron chi connectivity index (χ3n) is 5.17. The van der Waals surface area contributed by atoms with E-state index in [-0.39, 0.29) is 16.2 Å². The first-order valence-corrected chi connectivity index (χ1v) is 12.4. The summed E-state index contributed by atoms with van der Waals surface area (Å²) in [5.74, 6) is 0.816. The zero-order valence-electron chi connectivity index (χ0n) is 18.3. The lowest BCUT2D eigenvalue weighted by molar-refractivity contribution is 0.0612. The summed E-state index contributed by atoms with van der Waals surface area (Å²) in [4.78, 5) is 0. The third kappa shape index (κ3) is 7.28. The van der Waals surface area contributed by atoms with E-state index >= 15 is 4.39 Å². The van der Waals surface area contributed by atoms with Crippen molar-refractivity contribution in [2.24, 2.45) is 11.3 Å². The van der Waals surface area contributed by atoms with Gasteiger partial charge in [0, 0.05) is 30.6 Å². The van der Waals surface area contributed by atoms with Crippen molar-refractivity contribution >= 4 is 22.6 Å². The molecule has 1 saturated heterocycles. The molecule has 31 heavy (non-hydrogen) atoms. The second kappa shape index (κ2) is 10.9. The highest BCUT2D eigenvalue weighted by atomic mass is 35.5.